The van der Waals surface area contributed by atoms with Gasteiger partial charge in [0.1, 0.15) is 0 Å². The molecular weight excluding hydrogens is 324 g/mol. The van der Waals surface area contributed by atoms with Gasteiger partial charge in [-0.1, -0.05) is 6.07 Å². The van der Waals surface area contributed by atoms with Gasteiger partial charge in [0, 0.05) is 38.6 Å². The van der Waals surface area contributed by atoms with Gasteiger partial charge in [0.2, 0.25) is 0 Å². The van der Waals surface area contributed by atoms with E-state index >= 15 is 0 Å². The third-order valence-electron chi connectivity index (χ3n) is 3.53. The highest BCUT2D eigenvalue weighted by Crippen LogP contribution is 2.14. The van der Waals surface area contributed by atoms with Crippen LogP contribution in [0.15, 0.2) is 47.1 Å². The van der Waals surface area contributed by atoms with Crippen LogP contribution in [0.3, 0.4) is 0 Å². The van der Waals surface area contributed by atoms with Crippen LogP contribution in [0.25, 0.3) is 0 Å². The fraction of sp³-hybridized carbons (Fsp3) is 0.333. The number of anilines is 1. The van der Waals surface area contributed by atoms with Crippen molar-refractivity contribution in [3.8, 4) is 0 Å². The molecule has 7 nitrogen and oxygen atoms in total. The molecule has 1 aromatic carbocycles. The summed E-state index contributed by atoms with van der Waals surface area (Å²) in [4.78, 5) is 26.4. The first-order valence-electron chi connectivity index (χ1n) is 7.87. The van der Waals surface area contributed by atoms with Gasteiger partial charge in [-0.25, -0.2) is 0 Å². The monoisotopic (exact) mass is 346 g/mol. The van der Waals surface area contributed by atoms with E-state index in [1.807, 2.05) is 0 Å². The molecule has 0 saturated heterocycles. The Kier molecular flexibility index (Phi) is 7.18. The molecule has 0 bridgehead atoms. The largest absolute Gasteiger partial charge is 0.459 e. The lowest BCUT2D eigenvalue weighted by Gasteiger charge is -2.22. The summed E-state index contributed by atoms with van der Waals surface area (Å²) < 4.78 is 15.2. The van der Waals surface area contributed by atoms with Crippen molar-refractivity contribution in [3.63, 3.8) is 0 Å². The van der Waals surface area contributed by atoms with Gasteiger partial charge in [-0.15, -0.1) is 0 Å². The number of nitrogens with zero attached hydrogens (tertiary/aromatic N) is 1. The number of furan rings is 1. The second kappa shape index (κ2) is 9.61. The van der Waals surface area contributed by atoms with Crippen molar-refractivity contribution in [3.05, 3.63) is 54.0 Å². The van der Waals surface area contributed by atoms with Crippen molar-refractivity contribution in [1.82, 2.24) is 4.90 Å². The molecule has 25 heavy (non-hydrogen) atoms. The van der Waals surface area contributed by atoms with Crippen molar-refractivity contribution >= 4 is 17.5 Å². The van der Waals surface area contributed by atoms with E-state index < -0.39 is 0 Å². The van der Waals surface area contributed by atoms with Gasteiger partial charge in [-0.2, -0.15) is 0 Å². The molecule has 0 radical (unpaired) electrons. The molecule has 1 heterocycles. The van der Waals surface area contributed by atoms with E-state index in [-0.39, 0.29) is 17.6 Å². The smallest absolute Gasteiger partial charge is 0.291 e. The zero-order chi connectivity index (χ0) is 18.1. The minimum atomic E-state index is -0.370. The summed E-state index contributed by atoms with van der Waals surface area (Å²) in [7, 11) is 3.17. The van der Waals surface area contributed by atoms with Crippen molar-refractivity contribution in [2.45, 2.75) is 0 Å². The molecule has 1 aromatic heterocycles. The summed E-state index contributed by atoms with van der Waals surface area (Å²) in [6.45, 7) is 1.79. The molecule has 0 saturated carbocycles. The van der Waals surface area contributed by atoms with E-state index in [1.54, 1.807) is 55.5 Å². The molecule has 2 amide bonds. The van der Waals surface area contributed by atoms with E-state index in [0.29, 0.717) is 37.6 Å². The third kappa shape index (κ3) is 5.44. The second-order valence-corrected chi connectivity index (χ2v) is 5.29. The number of benzene rings is 1. The number of carbonyl (C=O) groups excluding carboxylic acids is 2. The highest BCUT2D eigenvalue weighted by Gasteiger charge is 2.16. The van der Waals surface area contributed by atoms with Gasteiger partial charge in [-0.3, -0.25) is 9.59 Å². The Labute approximate surface area is 146 Å². The molecule has 0 aliphatic carbocycles. The Hall–Kier alpha value is -2.64. The number of methoxy groups -OCH3 is 2. The van der Waals surface area contributed by atoms with Crippen LogP contribution in [0, 0.1) is 0 Å². The zero-order valence-electron chi connectivity index (χ0n) is 14.4. The Morgan fingerprint density at radius 1 is 1.08 bits per heavy atom. The molecule has 7 heteroatoms. The van der Waals surface area contributed by atoms with Crippen LogP contribution in [0.2, 0.25) is 0 Å². The molecular formula is C18H22N2O5. The quantitative estimate of drug-likeness (QED) is 0.753. The minimum absolute atomic E-state index is 0.150. The fourth-order valence-electron chi connectivity index (χ4n) is 2.23. The maximum Gasteiger partial charge on any atom is 0.291 e. The first kappa shape index (κ1) is 18.7. The summed E-state index contributed by atoms with van der Waals surface area (Å²) in [5.41, 5.74) is 0.995. The number of amides is 2. The number of nitrogens with one attached hydrogen (secondary N) is 1. The van der Waals surface area contributed by atoms with Gasteiger partial charge in [0.25, 0.3) is 11.8 Å². The van der Waals surface area contributed by atoms with E-state index in [1.165, 1.54) is 6.26 Å². The average Bonchev–Trinajstić information content (AvgIpc) is 3.16. The van der Waals surface area contributed by atoms with Crippen molar-refractivity contribution in [2.24, 2.45) is 0 Å². The number of ether oxygens (including phenoxy) is 2. The van der Waals surface area contributed by atoms with Crippen molar-refractivity contribution in [2.75, 3.05) is 45.8 Å². The molecule has 2 aromatic rings. The number of rotatable bonds is 9. The zero-order valence-corrected chi connectivity index (χ0v) is 14.4. The Balaban J connectivity index is 2.09. The van der Waals surface area contributed by atoms with Crippen LogP contribution < -0.4 is 5.32 Å². The summed E-state index contributed by atoms with van der Waals surface area (Å²) >= 11 is 0. The average molecular weight is 346 g/mol. The first-order chi connectivity index (χ1) is 12.2. The molecule has 0 spiro atoms. The molecule has 2 rings (SSSR count). The topological polar surface area (TPSA) is 81.0 Å². The van der Waals surface area contributed by atoms with E-state index in [9.17, 15) is 9.59 Å². The van der Waals surface area contributed by atoms with E-state index in [4.69, 9.17) is 13.9 Å². The summed E-state index contributed by atoms with van der Waals surface area (Å²) in [6, 6.07) is 9.98. The van der Waals surface area contributed by atoms with Gasteiger partial charge >= 0.3 is 0 Å². The predicted octanol–water partition coefficient (Wildman–Crippen LogP) is 2.27. The Bertz CT molecular complexity index is 677. The predicted molar refractivity (Wildman–Crippen MR) is 92.8 cm³/mol. The highest BCUT2D eigenvalue weighted by atomic mass is 16.5. The van der Waals surface area contributed by atoms with Crippen LogP contribution in [0.1, 0.15) is 20.9 Å². The lowest BCUT2D eigenvalue weighted by molar-refractivity contribution is 0.0627. The molecule has 0 aliphatic rings. The summed E-state index contributed by atoms with van der Waals surface area (Å²) in [5.74, 6) is -0.313. The lowest BCUT2D eigenvalue weighted by Crippen LogP contribution is -2.36. The van der Waals surface area contributed by atoms with Crippen LogP contribution in [-0.2, 0) is 9.47 Å². The summed E-state index contributed by atoms with van der Waals surface area (Å²) in [6.07, 6.45) is 1.43. The second-order valence-electron chi connectivity index (χ2n) is 5.29. The highest BCUT2D eigenvalue weighted by molar-refractivity contribution is 6.03. The Morgan fingerprint density at radius 3 is 2.40 bits per heavy atom. The SMILES string of the molecule is COCCN(CCOC)C(=O)c1cccc(NC(=O)c2ccco2)c1. The van der Waals surface area contributed by atoms with Gasteiger partial charge < -0.3 is 24.1 Å². The van der Waals surface area contributed by atoms with Gasteiger partial charge in [0.15, 0.2) is 5.76 Å². The van der Waals surface area contributed by atoms with E-state index in [2.05, 4.69) is 5.32 Å². The minimum Gasteiger partial charge on any atom is -0.459 e. The van der Waals surface area contributed by atoms with Crippen LogP contribution in [0.4, 0.5) is 5.69 Å². The van der Waals surface area contributed by atoms with Crippen LogP contribution in [0.5, 0.6) is 0 Å². The Morgan fingerprint density at radius 2 is 1.80 bits per heavy atom. The molecule has 0 aliphatic heterocycles. The standard InChI is InChI=1S/C18H22N2O5/c1-23-11-8-20(9-12-24-2)18(22)14-5-3-6-15(13-14)19-17(21)16-7-4-10-25-16/h3-7,10,13H,8-9,11-12H2,1-2H3,(H,19,21). The molecule has 0 unspecified atom stereocenters. The maximum atomic E-state index is 12.7. The number of carbonyl (C=O) groups is 2. The molecule has 0 atom stereocenters. The normalized spacial score (nSPS) is 10.5. The molecule has 1 N–H and O–H groups in total. The fourth-order valence-corrected chi connectivity index (χ4v) is 2.23. The number of hydrogen-bond donors (Lipinski definition) is 1. The van der Waals surface area contributed by atoms with E-state index in [0.717, 1.165) is 0 Å². The summed E-state index contributed by atoms with van der Waals surface area (Å²) in [5, 5.41) is 2.71. The molecule has 134 valence electrons. The van der Waals surface area contributed by atoms with Gasteiger partial charge in [0.05, 0.1) is 19.5 Å². The van der Waals surface area contributed by atoms with Crippen molar-refractivity contribution < 1.29 is 23.5 Å². The molecule has 0 fully saturated rings. The number of hydrogen-bond acceptors (Lipinski definition) is 5. The van der Waals surface area contributed by atoms with Gasteiger partial charge in [-0.05, 0) is 30.3 Å². The first-order valence-corrected chi connectivity index (χ1v) is 7.87. The third-order valence-corrected chi connectivity index (χ3v) is 3.53. The van der Waals surface area contributed by atoms with Crippen LogP contribution >= 0.6 is 0 Å². The maximum absolute atomic E-state index is 12.7. The van der Waals surface area contributed by atoms with Crippen LogP contribution in [-0.4, -0.2) is 57.2 Å². The van der Waals surface area contributed by atoms with Crippen molar-refractivity contribution in [1.29, 1.82) is 0 Å². The lowest BCUT2D eigenvalue weighted by atomic mass is 10.1.